The molecule has 0 aliphatic heterocycles. The second-order valence-corrected chi connectivity index (χ2v) is 4.44. The van der Waals surface area contributed by atoms with Gasteiger partial charge in [0.05, 0.1) is 5.02 Å². The molecule has 1 aromatic heterocycles. The van der Waals surface area contributed by atoms with Gasteiger partial charge in [-0.3, -0.25) is 0 Å². The molecule has 0 spiro atoms. The van der Waals surface area contributed by atoms with Crippen molar-refractivity contribution in [2.24, 2.45) is 0 Å². The molecule has 0 unspecified atom stereocenters. The maximum absolute atomic E-state index is 13.4. The van der Waals surface area contributed by atoms with Gasteiger partial charge in [0.15, 0.2) is 5.82 Å². The summed E-state index contributed by atoms with van der Waals surface area (Å²) in [4.78, 5) is 3.74. The number of benzene rings is 1. The first-order chi connectivity index (χ1) is 8.06. The van der Waals surface area contributed by atoms with E-state index in [1.54, 1.807) is 0 Å². The van der Waals surface area contributed by atoms with Crippen LogP contribution < -0.4 is 4.74 Å². The molecule has 0 amide bonds. The molecule has 0 atom stereocenters. The van der Waals surface area contributed by atoms with Crippen molar-refractivity contribution in [3.63, 3.8) is 0 Å². The third-order valence-electron chi connectivity index (χ3n) is 1.88. The number of pyridine rings is 1. The van der Waals surface area contributed by atoms with Crippen LogP contribution in [0.25, 0.3) is 0 Å². The first-order valence-electron chi connectivity index (χ1n) is 4.50. The molecule has 0 fully saturated rings. The van der Waals surface area contributed by atoms with Gasteiger partial charge in [-0.25, -0.2) is 13.8 Å². The highest BCUT2D eigenvalue weighted by molar-refractivity contribution is 9.10. The molecule has 88 valence electrons. The van der Waals surface area contributed by atoms with Crippen LogP contribution in [0.3, 0.4) is 0 Å². The van der Waals surface area contributed by atoms with E-state index in [9.17, 15) is 8.78 Å². The third-order valence-corrected chi connectivity index (χ3v) is 2.60. The monoisotopic (exact) mass is 319 g/mol. The quantitative estimate of drug-likeness (QED) is 0.809. The first kappa shape index (κ1) is 12.3. The molecule has 2 aromatic rings. The Balaban J connectivity index is 2.28. The molecule has 0 aliphatic rings. The number of nitrogens with zero attached hydrogens (tertiary/aromatic N) is 1. The summed E-state index contributed by atoms with van der Waals surface area (Å²) >= 11 is 8.64. The Bertz CT molecular complexity index is 565. The Morgan fingerprint density at radius 1 is 1.18 bits per heavy atom. The van der Waals surface area contributed by atoms with E-state index in [0.29, 0.717) is 4.47 Å². The predicted molar refractivity (Wildman–Crippen MR) is 63.4 cm³/mol. The minimum absolute atomic E-state index is 0.0972. The Kier molecular flexibility index (Phi) is 3.59. The van der Waals surface area contributed by atoms with Crippen LogP contribution in [-0.4, -0.2) is 4.98 Å². The van der Waals surface area contributed by atoms with Crippen molar-refractivity contribution in [1.82, 2.24) is 4.98 Å². The standard InChI is InChI=1S/C11H5BrClF2NO/c12-6-3-10(15)11(16-5-6)17-7-1-2-9(14)8(13)4-7/h1-5H. The van der Waals surface area contributed by atoms with Gasteiger partial charge in [0.2, 0.25) is 0 Å². The van der Waals surface area contributed by atoms with E-state index in [1.807, 2.05) is 0 Å². The summed E-state index contributed by atoms with van der Waals surface area (Å²) in [5.74, 6) is -1.18. The van der Waals surface area contributed by atoms with Gasteiger partial charge >= 0.3 is 0 Å². The Hall–Kier alpha value is -1.20. The summed E-state index contributed by atoms with van der Waals surface area (Å²) in [5.41, 5.74) is 0. The largest absolute Gasteiger partial charge is 0.436 e. The minimum atomic E-state index is -0.625. The number of hydrogen-bond acceptors (Lipinski definition) is 2. The van der Waals surface area contributed by atoms with Crippen molar-refractivity contribution in [3.8, 4) is 11.6 Å². The van der Waals surface area contributed by atoms with Crippen LogP contribution in [0.1, 0.15) is 0 Å². The van der Waals surface area contributed by atoms with Gasteiger partial charge < -0.3 is 4.74 Å². The van der Waals surface area contributed by atoms with Gasteiger partial charge in [-0.1, -0.05) is 11.6 Å². The molecule has 6 heteroatoms. The van der Waals surface area contributed by atoms with Crippen LogP contribution in [0.5, 0.6) is 11.6 Å². The number of rotatable bonds is 2. The van der Waals surface area contributed by atoms with Crippen molar-refractivity contribution >= 4 is 27.5 Å². The lowest BCUT2D eigenvalue weighted by atomic mass is 10.3. The number of ether oxygens (including phenoxy) is 1. The van der Waals surface area contributed by atoms with Crippen LogP contribution in [0.2, 0.25) is 5.02 Å². The molecule has 0 radical (unpaired) electrons. The molecule has 0 N–H and O–H groups in total. The zero-order chi connectivity index (χ0) is 12.4. The SMILES string of the molecule is Fc1ccc(Oc2ncc(Br)cc2F)cc1Cl. The highest BCUT2D eigenvalue weighted by Gasteiger charge is 2.08. The summed E-state index contributed by atoms with van der Waals surface area (Å²) in [7, 11) is 0. The van der Waals surface area contributed by atoms with Crippen molar-refractivity contribution < 1.29 is 13.5 Å². The fourth-order valence-electron chi connectivity index (χ4n) is 1.13. The van der Waals surface area contributed by atoms with Crippen LogP contribution in [0, 0.1) is 11.6 Å². The fraction of sp³-hybridized carbons (Fsp3) is 0. The first-order valence-corrected chi connectivity index (χ1v) is 5.67. The molecule has 1 aromatic carbocycles. The Morgan fingerprint density at radius 2 is 1.94 bits per heavy atom. The van der Waals surface area contributed by atoms with Gasteiger partial charge in [0, 0.05) is 16.7 Å². The average Bonchev–Trinajstić information content (AvgIpc) is 2.27. The van der Waals surface area contributed by atoms with E-state index >= 15 is 0 Å². The number of halogens is 4. The lowest BCUT2D eigenvalue weighted by molar-refractivity contribution is 0.421. The van der Waals surface area contributed by atoms with Crippen LogP contribution in [-0.2, 0) is 0 Å². The van der Waals surface area contributed by atoms with Crippen molar-refractivity contribution in [2.75, 3.05) is 0 Å². The minimum Gasteiger partial charge on any atom is -0.436 e. The van der Waals surface area contributed by atoms with Crippen molar-refractivity contribution in [1.29, 1.82) is 0 Å². The predicted octanol–water partition coefficient (Wildman–Crippen LogP) is 4.57. The summed E-state index contributed by atoms with van der Waals surface area (Å²) in [6, 6.07) is 4.94. The van der Waals surface area contributed by atoms with E-state index in [4.69, 9.17) is 16.3 Å². The summed E-state index contributed by atoms with van der Waals surface area (Å²) < 4.78 is 31.9. The topological polar surface area (TPSA) is 22.1 Å². The maximum atomic E-state index is 13.4. The zero-order valence-electron chi connectivity index (χ0n) is 8.25. The van der Waals surface area contributed by atoms with Gasteiger partial charge in [-0.05, 0) is 34.1 Å². The molecule has 0 saturated heterocycles. The van der Waals surface area contributed by atoms with E-state index < -0.39 is 11.6 Å². The Labute approximate surface area is 109 Å². The van der Waals surface area contributed by atoms with Gasteiger partial charge in [-0.15, -0.1) is 0 Å². The average molecular weight is 321 g/mol. The summed E-state index contributed by atoms with van der Waals surface area (Å²) in [6.07, 6.45) is 1.39. The van der Waals surface area contributed by atoms with E-state index in [2.05, 4.69) is 20.9 Å². The van der Waals surface area contributed by atoms with Crippen LogP contribution in [0.4, 0.5) is 8.78 Å². The molecule has 1 heterocycles. The Morgan fingerprint density at radius 3 is 2.59 bits per heavy atom. The van der Waals surface area contributed by atoms with Gasteiger partial charge in [0.1, 0.15) is 11.6 Å². The van der Waals surface area contributed by atoms with Crippen LogP contribution in [0.15, 0.2) is 34.9 Å². The van der Waals surface area contributed by atoms with Gasteiger partial charge in [-0.2, -0.15) is 0 Å². The van der Waals surface area contributed by atoms with Crippen LogP contribution >= 0.6 is 27.5 Å². The molecule has 0 bridgehead atoms. The van der Waals surface area contributed by atoms with Crippen molar-refractivity contribution in [2.45, 2.75) is 0 Å². The molecule has 0 saturated carbocycles. The second kappa shape index (κ2) is 4.98. The van der Waals surface area contributed by atoms with E-state index in [1.165, 1.54) is 24.4 Å². The fourth-order valence-corrected chi connectivity index (χ4v) is 1.60. The smallest absolute Gasteiger partial charge is 0.255 e. The summed E-state index contributed by atoms with van der Waals surface area (Å²) in [5, 5.41) is -0.0972. The molecular formula is C11H5BrClF2NO. The summed E-state index contributed by atoms with van der Waals surface area (Å²) in [6.45, 7) is 0. The van der Waals surface area contributed by atoms with E-state index in [0.717, 1.165) is 6.07 Å². The highest BCUT2D eigenvalue weighted by Crippen LogP contribution is 2.27. The normalized spacial score (nSPS) is 10.4. The molecule has 2 rings (SSSR count). The molecule has 0 aliphatic carbocycles. The number of aromatic nitrogens is 1. The molecule has 17 heavy (non-hydrogen) atoms. The van der Waals surface area contributed by atoms with Gasteiger partial charge in [0.25, 0.3) is 5.88 Å². The number of hydrogen-bond donors (Lipinski definition) is 0. The lowest BCUT2D eigenvalue weighted by Gasteiger charge is -2.06. The zero-order valence-corrected chi connectivity index (χ0v) is 10.6. The molecular weight excluding hydrogens is 315 g/mol. The second-order valence-electron chi connectivity index (χ2n) is 3.12. The lowest BCUT2D eigenvalue weighted by Crippen LogP contribution is -1.92. The maximum Gasteiger partial charge on any atom is 0.255 e. The molecule has 2 nitrogen and oxygen atoms in total. The third kappa shape index (κ3) is 2.92. The van der Waals surface area contributed by atoms with Crippen molar-refractivity contribution in [3.05, 3.63) is 51.6 Å². The van der Waals surface area contributed by atoms with E-state index in [-0.39, 0.29) is 16.7 Å². The highest BCUT2D eigenvalue weighted by atomic mass is 79.9.